The molecule has 34 heavy (non-hydrogen) atoms. The minimum absolute atomic E-state index is 0.0122. The van der Waals surface area contributed by atoms with Gasteiger partial charge >= 0.3 is 11.9 Å². The van der Waals surface area contributed by atoms with Crippen molar-refractivity contribution < 1.29 is 23.8 Å². The van der Waals surface area contributed by atoms with Crippen molar-refractivity contribution in [3.8, 4) is 22.7 Å². The number of hydrogen-bond donors (Lipinski definition) is 0. The SMILES string of the molecule is COC(=O)c1c(-c2cccc(OCc3ccccc3C)c2)nn(-c2ccccc2)c1C(=O)OC. The normalized spacial score (nSPS) is 10.6. The average molecular weight is 456 g/mol. The van der Waals surface area contributed by atoms with Crippen LogP contribution < -0.4 is 4.74 Å². The molecule has 0 unspecified atom stereocenters. The number of aryl methyl sites for hydroxylation is 1. The van der Waals surface area contributed by atoms with Crippen LogP contribution in [-0.2, 0) is 16.1 Å². The smallest absolute Gasteiger partial charge is 0.357 e. The highest BCUT2D eigenvalue weighted by atomic mass is 16.5. The molecule has 0 amide bonds. The molecule has 0 aliphatic rings. The first-order valence-corrected chi connectivity index (χ1v) is 10.7. The van der Waals surface area contributed by atoms with Crippen LogP contribution in [0.5, 0.6) is 5.75 Å². The van der Waals surface area contributed by atoms with Crippen molar-refractivity contribution in [2.75, 3.05) is 14.2 Å². The molecular formula is C27H24N2O5. The predicted molar refractivity (Wildman–Crippen MR) is 127 cm³/mol. The van der Waals surface area contributed by atoms with Crippen LogP contribution in [0.1, 0.15) is 32.0 Å². The lowest BCUT2D eigenvalue weighted by Gasteiger charge is -2.10. The zero-order valence-electron chi connectivity index (χ0n) is 19.1. The molecule has 0 atom stereocenters. The Kier molecular flexibility index (Phi) is 6.73. The van der Waals surface area contributed by atoms with E-state index in [9.17, 15) is 9.59 Å². The third kappa shape index (κ3) is 4.54. The van der Waals surface area contributed by atoms with Gasteiger partial charge in [-0.1, -0.05) is 54.6 Å². The number of hydrogen-bond acceptors (Lipinski definition) is 6. The molecule has 0 aliphatic heterocycles. The Morgan fingerprint density at radius 2 is 1.56 bits per heavy atom. The van der Waals surface area contributed by atoms with E-state index in [-0.39, 0.29) is 17.0 Å². The highest BCUT2D eigenvalue weighted by Crippen LogP contribution is 2.31. The third-order valence-corrected chi connectivity index (χ3v) is 5.42. The Balaban J connectivity index is 1.80. The van der Waals surface area contributed by atoms with Crippen LogP contribution in [-0.4, -0.2) is 35.9 Å². The molecule has 172 valence electrons. The number of esters is 2. The number of nitrogens with zero attached hydrogens (tertiary/aromatic N) is 2. The Hall–Kier alpha value is -4.39. The highest BCUT2D eigenvalue weighted by Gasteiger charge is 2.31. The van der Waals surface area contributed by atoms with E-state index in [0.717, 1.165) is 11.1 Å². The summed E-state index contributed by atoms with van der Waals surface area (Å²) in [5.41, 5.74) is 3.71. The summed E-state index contributed by atoms with van der Waals surface area (Å²) < 4.78 is 17.4. The number of rotatable bonds is 7. The van der Waals surface area contributed by atoms with E-state index in [1.807, 2.05) is 61.5 Å². The maximum Gasteiger partial charge on any atom is 0.357 e. The van der Waals surface area contributed by atoms with E-state index < -0.39 is 11.9 Å². The standard InChI is InChI=1S/C27H24N2O5/c1-18-10-7-8-11-20(18)17-34-22-15-9-12-19(16-22)24-23(26(30)32-2)25(27(31)33-3)29(28-24)21-13-5-4-6-14-21/h4-16H,17H2,1-3H3. The molecule has 0 aliphatic carbocycles. The van der Waals surface area contributed by atoms with Gasteiger partial charge in [0.25, 0.3) is 0 Å². The molecule has 0 N–H and O–H groups in total. The molecule has 7 heteroatoms. The second kappa shape index (κ2) is 10.0. The molecule has 0 radical (unpaired) electrons. The van der Waals surface area contributed by atoms with Gasteiger partial charge < -0.3 is 14.2 Å². The molecule has 3 aromatic carbocycles. The third-order valence-electron chi connectivity index (χ3n) is 5.42. The van der Waals surface area contributed by atoms with Gasteiger partial charge in [0.2, 0.25) is 0 Å². The van der Waals surface area contributed by atoms with E-state index >= 15 is 0 Å². The fourth-order valence-electron chi connectivity index (χ4n) is 3.62. The molecular weight excluding hydrogens is 432 g/mol. The molecule has 0 saturated heterocycles. The van der Waals surface area contributed by atoms with Gasteiger partial charge in [0.05, 0.1) is 19.9 Å². The summed E-state index contributed by atoms with van der Waals surface area (Å²) in [5, 5.41) is 4.62. The van der Waals surface area contributed by atoms with E-state index in [2.05, 4.69) is 5.10 Å². The highest BCUT2D eigenvalue weighted by molar-refractivity contribution is 6.06. The number of aromatic nitrogens is 2. The van der Waals surface area contributed by atoms with E-state index in [4.69, 9.17) is 14.2 Å². The largest absolute Gasteiger partial charge is 0.489 e. The van der Waals surface area contributed by atoms with Crippen LogP contribution in [0.4, 0.5) is 0 Å². The van der Waals surface area contributed by atoms with Gasteiger partial charge in [0, 0.05) is 5.56 Å². The summed E-state index contributed by atoms with van der Waals surface area (Å²) in [5.74, 6) is -0.788. The van der Waals surface area contributed by atoms with Crippen molar-refractivity contribution in [2.24, 2.45) is 0 Å². The topological polar surface area (TPSA) is 79.7 Å². The number of carbonyl (C=O) groups is 2. The molecule has 7 nitrogen and oxygen atoms in total. The minimum Gasteiger partial charge on any atom is -0.489 e. The van der Waals surface area contributed by atoms with Gasteiger partial charge in [-0.3, -0.25) is 0 Å². The molecule has 0 bridgehead atoms. The Morgan fingerprint density at radius 3 is 2.26 bits per heavy atom. The van der Waals surface area contributed by atoms with Gasteiger partial charge in [-0.2, -0.15) is 5.10 Å². The van der Waals surface area contributed by atoms with Gasteiger partial charge in [0.15, 0.2) is 5.69 Å². The summed E-state index contributed by atoms with van der Waals surface area (Å²) in [4.78, 5) is 25.5. The quantitative estimate of drug-likeness (QED) is 0.364. The first kappa shape index (κ1) is 22.8. The first-order valence-electron chi connectivity index (χ1n) is 10.7. The van der Waals surface area contributed by atoms with Gasteiger partial charge in [0.1, 0.15) is 23.6 Å². The number of para-hydroxylation sites is 1. The summed E-state index contributed by atoms with van der Waals surface area (Å²) in [6.07, 6.45) is 0. The van der Waals surface area contributed by atoms with Crippen LogP contribution in [0, 0.1) is 6.92 Å². The zero-order valence-corrected chi connectivity index (χ0v) is 19.1. The molecule has 1 heterocycles. The van der Waals surface area contributed by atoms with E-state index in [1.54, 1.807) is 24.3 Å². The Morgan fingerprint density at radius 1 is 0.853 bits per heavy atom. The van der Waals surface area contributed by atoms with Crippen molar-refractivity contribution in [1.82, 2.24) is 9.78 Å². The van der Waals surface area contributed by atoms with Crippen molar-refractivity contribution in [2.45, 2.75) is 13.5 Å². The summed E-state index contributed by atoms with van der Waals surface area (Å²) in [6.45, 7) is 2.42. The van der Waals surface area contributed by atoms with E-state index in [0.29, 0.717) is 23.6 Å². The molecule has 4 aromatic rings. The molecule has 0 fully saturated rings. The molecule has 0 spiro atoms. The summed E-state index contributed by atoms with van der Waals surface area (Å²) in [6, 6.07) is 24.3. The predicted octanol–water partition coefficient (Wildman–Crippen LogP) is 5.00. The van der Waals surface area contributed by atoms with Crippen LogP contribution in [0.2, 0.25) is 0 Å². The number of ether oxygens (including phenoxy) is 3. The summed E-state index contributed by atoms with van der Waals surface area (Å²) >= 11 is 0. The maximum atomic E-state index is 12.8. The summed E-state index contributed by atoms with van der Waals surface area (Å²) in [7, 11) is 2.51. The first-order chi connectivity index (χ1) is 16.5. The number of benzene rings is 3. The zero-order chi connectivity index (χ0) is 24.1. The Bertz CT molecular complexity index is 1330. The van der Waals surface area contributed by atoms with Crippen molar-refractivity contribution >= 4 is 11.9 Å². The monoisotopic (exact) mass is 456 g/mol. The van der Waals surface area contributed by atoms with Gasteiger partial charge in [-0.25, -0.2) is 14.3 Å². The lowest BCUT2D eigenvalue weighted by molar-refractivity contribution is 0.0549. The van der Waals surface area contributed by atoms with E-state index in [1.165, 1.54) is 18.9 Å². The van der Waals surface area contributed by atoms with Gasteiger partial charge in [-0.05, 0) is 42.3 Å². The molecule has 4 rings (SSSR count). The fraction of sp³-hybridized carbons (Fsp3) is 0.148. The van der Waals surface area contributed by atoms with Crippen molar-refractivity contribution in [3.63, 3.8) is 0 Å². The van der Waals surface area contributed by atoms with Crippen molar-refractivity contribution in [1.29, 1.82) is 0 Å². The second-order valence-corrected chi connectivity index (χ2v) is 7.55. The molecule has 1 aromatic heterocycles. The number of carbonyl (C=O) groups excluding carboxylic acids is 2. The van der Waals surface area contributed by atoms with Crippen molar-refractivity contribution in [3.05, 3.63) is 101 Å². The lowest BCUT2D eigenvalue weighted by Crippen LogP contribution is -2.15. The number of methoxy groups -OCH3 is 2. The van der Waals surface area contributed by atoms with Crippen LogP contribution in [0.15, 0.2) is 78.9 Å². The van der Waals surface area contributed by atoms with Gasteiger partial charge in [-0.15, -0.1) is 0 Å². The minimum atomic E-state index is -0.699. The Labute approximate surface area is 197 Å². The average Bonchev–Trinajstić information content (AvgIpc) is 3.29. The van der Waals surface area contributed by atoms with Crippen LogP contribution >= 0.6 is 0 Å². The maximum absolute atomic E-state index is 12.8. The lowest BCUT2D eigenvalue weighted by atomic mass is 10.1. The van der Waals surface area contributed by atoms with Crippen LogP contribution in [0.25, 0.3) is 16.9 Å². The molecule has 0 saturated carbocycles. The fourth-order valence-corrected chi connectivity index (χ4v) is 3.62. The second-order valence-electron chi connectivity index (χ2n) is 7.55. The van der Waals surface area contributed by atoms with Crippen LogP contribution in [0.3, 0.4) is 0 Å².